The molecule has 0 fully saturated rings. The molecule has 3 nitrogen and oxygen atoms in total. The van der Waals surface area contributed by atoms with Crippen LogP contribution in [0, 0.1) is 18.6 Å². The summed E-state index contributed by atoms with van der Waals surface area (Å²) in [5, 5.41) is 0. The third kappa shape index (κ3) is 3.79. The van der Waals surface area contributed by atoms with Crippen LogP contribution < -0.4 is 4.18 Å². The van der Waals surface area contributed by atoms with Crippen molar-refractivity contribution in [1.29, 1.82) is 0 Å². The predicted molar refractivity (Wildman–Crippen MR) is 70.4 cm³/mol. The third-order valence-electron chi connectivity index (χ3n) is 2.90. The van der Waals surface area contributed by atoms with Crippen molar-refractivity contribution in [2.24, 2.45) is 0 Å². The minimum atomic E-state index is -4.74. The minimum absolute atomic E-state index is 0.163. The number of hydrogen-bond acceptors (Lipinski definition) is 3. The van der Waals surface area contributed by atoms with Crippen LogP contribution in [0.5, 0.6) is 5.75 Å². The van der Waals surface area contributed by atoms with Gasteiger partial charge in [-0.25, -0.2) is 8.78 Å². The summed E-state index contributed by atoms with van der Waals surface area (Å²) in [6.45, 7) is 1.18. The Bertz CT molecular complexity index is 844. The van der Waals surface area contributed by atoms with E-state index in [0.29, 0.717) is 18.2 Å². The molecule has 124 valence electrons. The molecule has 2 aromatic carbocycles. The van der Waals surface area contributed by atoms with E-state index in [9.17, 15) is 30.4 Å². The second-order valence-corrected chi connectivity index (χ2v) is 6.13. The van der Waals surface area contributed by atoms with E-state index in [2.05, 4.69) is 4.18 Å². The van der Waals surface area contributed by atoms with Crippen LogP contribution in [0.1, 0.15) is 11.1 Å². The zero-order chi connectivity index (χ0) is 17.4. The average Bonchev–Trinajstić information content (AvgIpc) is 2.41. The van der Waals surface area contributed by atoms with Gasteiger partial charge in [-0.1, -0.05) is 6.07 Å². The van der Waals surface area contributed by atoms with Crippen molar-refractivity contribution in [2.75, 3.05) is 0 Å². The normalized spacial score (nSPS) is 12.3. The zero-order valence-electron chi connectivity index (χ0n) is 11.5. The summed E-state index contributed by atoms with van der Waals surface area (Å²) in [5.74, 6) is -3.12. The monoisotopic (exact) mass is 352 g/mol. The second-order valence-electron chi connectivity index (χ2n) is 4.59. The van der Waals surface area contributed by atoms with Gasteiger partial charge in [-0.15, -0.1) is 0 Å². The quantitative estimate of drug-likeness (QED) is 0.618. The number of aryl methyl sites for hydroxylation is 1. The molecule has 2 rings (SSSR count). The molecule has 0 aliphatic rings. The van der Waals surface area contributed by atoms with Gasteiger partial charge in [-0.3, -0.25) is 0 Å². The number of benzene rings is 2. The lowest BCUT2D eigenvalue weighted by molar-refractivity contribution is -0.138. The second kappa shape index (κ2) is 5.80. The maximum absolute atomic E-state index is 13.0. The summed E-state index contributed by atoms with van der Waals surface area (Å²) < 4.78 is 92.7. The SMILES string of the molecule is Cc1ccc(S(=O)(=O)Oc2ccc(F)c(F)c2)cc1C(F)(F)F. The Hall–Kier alpha value is -2.16. The molecular weight excluding hydrogens is 343 g/mol. The highest BCUT2D eigenvalue weighted by Crippen LogP contribution is 2.33. The summed E-state index contributed by atoms with van der Waals surface area (Å²) in [5.41, 5.74) is -1.29. The highest BCUT2D eigenvalue weighted by Gasteiger charge is 2.34. The van der Waals surface area contributed by atoms with Crippen LogP contribution in [-0.4, -0.2) is 8.42 Å². The number of hydrogen-bond donors (Lipinski definition) is 0. The molecule has 0 atom stereocenters. The first-order valence-corrected chi connectivity index (χ1v) is 7.49. The Balaban J connectivity index is 2.42. The van der Waals surface area contributed by atoms with E-state index in [1.54, 1.807) is 0 Å². The molecule has 0 N–H and O–H groups in total. The fourth-order valence-corrected chi connectivity index (χ4v) is 2.72. The van der Waals surface area contributed by atoms with E-state index in [-0.39, 0.29) is 5.56 Å². The Kier molecular flexibility index (Phi) is 4.34. The lowest BCUT2D eigenvalue weighted by Crippen LogP contribution is -2.13. The van der Waals surface area contributed by atoms with Gasteiger partial charge in [0.15, 0.2) is 11.6 Å². The van der Waals surface area contributed by atoms with Crippen LogP contribution in [0.2, 0.25) is 0 Å². The van der Waals surface area contributed by atoms with E-state index in [0.717, 1.165) is 18.2 Å². The number of alkyl halides is 3. The van der Waals surface area contributed by atoms with Crippen molar-refractivity contribution in [3.8, 4) is 5.75 Å². The van der Waals surface area contributed by atoms with E-state index in [1.165, 1.54) is 6.92 Å². The van der Waals surface area contributed by atoms with Crippen LogP contribution in [0.15, 0.2) is 41.3 Å². The molecule has 0 aromatic heterocycles. The first-order chi connectivity index (χ1) is 10.5. The molecule has 9 heteroatoms. The molecule has 0 radical (unpaired) electrons. The van der Waals surface area contributed by atoms with Gasteiger partial charge in [0, 0.05) is 6.07 Å². The molecule has 0 spiro atoms. The van der Waals surface area contributed by atoms with E-state index in [4.69, 9.17) is 0 Å². The van der Waals surface area contributed by atoms with Crippen LogP contribution in [0.3, 0.4) is 0 Å². The average molecular weight is 352 g/mol. The topological polar surface area (TPSA) is 43.4 Å². The molecule has 0 aliphatic carbocycles. The maximum atomic E-state index is 13.0. The van der Waals surface area contributed by atoms with E-state index >= 15 is 0 Å². The first-order valence-electron chi connectivity index (χ1n) is 6.08. The Morgan fingerprint density at radius 1 is 0.957 bits per heavy atom. The summed E-state index contributed by atoms with van der Waals surface area (Å²) in [6, 6.07) is 4.28. The van der Waals surface area contributed by atoms with Gasteiger partial charge >= 0.3 is 16.3 Å². The van der Waals surface area contributed by atoms with Crippen LogP contribution in [-0.2, 0) is 16.3 Å². The van der Waals surface area contributed by atoms with Crippen molar-refractivity contribution in [2.45, 2.75) is 18.0 Å². The Morgan fingerprint density at radius 3 is 2.17 bits per heavy atom. The molecular formula is C14H9F5O3S. The zero-order valence-corrected chi connectivity index (χ0v) is 12.3. The van der Waals surface area contributed by atoms with Crippen molar-refractivity contribution < 1.29 is 34.6 Å². The predicted octanol–water partition coefficient (Wildman–Crippen LogP) is 4.06. The molecule has 2 aromatic rings. The van der Waals surface area contributed by atoms with Crippen molar-refractivity contribution in [3.05, 3.63) is 59.2 Å². The Labute approximate surface area is 128 Å². The fourth-order valence-electron chi connectivity index (χ4n) is 1.77. The third-order valence-corrected chi connectivity index (χ3v) is 4.14. The molecule has 0 aliphatic heterocycles. The fraction of sp³-hybridized carbons (Fsp3) is 0.143. The van der Waals surface area contributed by atoms with Gasteiger partial charge in [0.1, 0.15) is 10.6 Å². The molecule has 0 saturated heterocycles. The lowest BCUT2D eigenvalue weighted by atomic mass is 10.1. The van der Waals surface area contributed by atoms with Gasteiger partial charge < -0.3 is 4.18 Å². The molecule has 0 unspecified atom stereocenters. The van der Waals surface area contributed by atoms with Crippen molar-refractivity contribution >= 4 is 10.1 Å². The smallest absolute Gasteiger partial charge is 0.379 e. The van der Waals surface area contributed by atoms with E-state index in [1.807, 2.05) is 0 Å². The molecule has 0 bridgehead atoms. The summed E-state index contributed by atoms with van der Waals surface area (Å²) in [6.07, 6.45) is -4.74. The Morgan fingerprint density at radius 2 is 1.61 bits per heavy atom. The molecule has 0 heterocycles. The van der Waals surface area contributed by atoms with E-state index < -0.39 is 44.1 Å². The summed E-state index contributed by atoms with van der Waals surface area (Å²) >= 11 is 0. The lowest BCUT2D eigenvalue weighted by Gasteiger charge is -2.13. The highest BCUT2D eigenvalue weighted by molar-refractivity contribution is 7.87. The van der Waals surface area contributed by atoms with Crippen molar-refractivity contribution in [1.82, 2.24) is 0 Å². The van der Waals surface area contributed by atoms with Gasteiger partial charge in [-0.2, -0.15) is 21.6 Å². The number of halogens is 5. The van der Waals surface area contributed by atoms with Crippen LogP contribution in [0.4, 0.5) is 22.0 Å². The largest absolute Gasteiger partial charge is 0.416 e. The molecule has 0 amide bonds. The van der Waals surface area contributed by atoms with Crippen molar-refractivity contribution in [3.63, 3.8) is 0 Å². The van der Waals surface area contributed by atoms with Crippen LogP contribution in [0.25, 0.3) is 0 Å². The summed E-state index contributed by atoms with van der Waals surface area (Å²) in [7, 11) is -4.63. The van der Waals surface area contributed by atoms with Gasteiger partial charge in [0.05, 0.1) is 5.56 Å². The molecule has 0 saturated carbocycles. The maximum Gasteiger partial charge on any atom is 0.416 e. The van der Waals surface area contributed by atoms with Gasteiger partial charge in [-0.05, 0) is 36.8 Å². The molecule has 23 heavy (non-hydrogen) atoms. The number of rotatable bonds is 3. The summed E-state index contributed by atoms with van der Waals surface area (Å²) in [4.78, 5) is -0.750. The van der Waals surface area contributed by atoms with Crippen LogP contribution >= 0.6 is 0 Å². The first kappa shape index (κ1) is 17.2. The minimum Gasteiger partial charge on any atom is -0.379 e. The highest BCUT2D eigenvalue weighted by atomic mass is 32.2. The standard InChI is InChI=1S/C14H9F5O3S/c1-8-2-4-10(7-11(8)14(17,18)19)23(20,21)22-9-3-5-12(15)13(16)6-9/h2-7H,1H3. The van der Waals surface area contributed by atoms with Gasteiger partial charge in [0.25, 0.3) is 0 Å². The van der Waals surface area contributed by atoms with Gasteiger partial charge in [0.2, 0.25) is 0 Å².